The summed E-state index contributed by atoms with van der Waals surface area (Å²) in [6, 6.07) is 8.06. The predicted molar refractivity (Wildman–Crippen MR) is 61.6 cm³/mol. The summed E-state index contributed by atoms with van der Waals surface area (Å²) in [6.07, 6.45) is 0. The van der Waals surface area contributed by atoms with Crippen molar-refractivity contribution in [2.45, 2.75) is 13.0 Å². The van der Waals surface area contributed by atoms with Crippen LogP contribution in [0.15, 0.2) is 35.3 Å². The predicted octanol–water partition coefficient (Wildman–Crippen LogP) is 0.409. The molecule has 0 saturated heterocycles. The van der Waals surface area contributed by atoms with Gasteiger partial charge in [0.1, 0.15) is 6.04 Å². The van der Waals surface area contributed by atoms with Gasteiger partial charge in [0.15, 0.2) is 0 Å². The van der Waals surface area contributed by atoms with Gasteiger partial charge in [-0.25, -0.2) is 14.8 Å². The topological polar surface area (TPSA) is 82.0 Å². The van der Waals surface area contributed by atoms with Crippen LogP contribution < -0.4 is 10.4 Å². The second-order valence-corrected chi connectivity index (χ2v) is 3.58. The van der Waals surface area contributed by atoms with Crippen molar-refractivity contribution in [3.63, 3.8) is 0 Å². The Kier molecular flexibility index (Phi) is 2.78. The molecule has 0 aromatic heterocycles. The molecule has 0 saturated carbocycles. The summed E-state index contributed by atoms with van der Waals surface area (Å²) in [5.74, 6) is -1.72. The number of hydrogen-bond donors (Lipinski definition) is 2. The number of benzene rings is 1. The summed E-state index contributed by atoms with van der Waals surface area (Å²) < 4.78 is 0. The maximum absolute atomic E-state index is 11.9. The van der Waals surface area contributed by atoms with Crippen LogP contribution in [0, 0.1) is 0 Å². The Morgan fingerprint density at radius 1 is 1.41 bits per heavy atom. The third kappa shape index (κ3) is 2.10. The Balaban J connectivity index is 2.34. The monoisotopic (exact) mass is 233 g/mol. The molecule has 0 aliphatic carbocycles. The molecule has 1 aliphatic rings. The van der Waals surface area contributed by atoms with Crippen molar-refractivity contribution < 1.29 is 14.7 Å². The zero-order valence-electron chi connectivity index (χ0n) is 9.12. The third-order valence-corrected chi connectivity index (χ3v) is 2.34. The Labute approximate surface area is 97.5 Å². The molecule has 0 bridgehead atoms. The number of carboxylic acid groups (broad SMARTS) is 1. The van der Waals surface area contributed by atoms with Crippen LogP contribution in [0.25, 0.3) is 0 Å². The van der Waals surface area contributed by atoms with Crippen molar-refractivity contribution in [1.29, 1.82) is 0 Å². The van der Waals surface area contributed by atoms with Gasteiger partial charge in [0, 0.05) is 0 Å². The first kappa shape index (κ1) is 11.1. The number of para-hydroxylation sites is 1. The highest BCUT2D eigenvalue weighted by Crippen LogP contribution is 2.15. The van der Waals surface area contributed by atoms with Crippen LogP contribution >= 0.6 is 0 Å². The molecule has 1 aromatic rings. The van der Waals surface area contributed by atoms with Crippen LogP contribution in [0.3, 0.4) is 0 Å². The molecule has 2 N–H and O–H groups in total. The maximum Gasteiger partial charge on any atom is 0.372 e. The van der Waals surface area contributed by atoms with Crippen LogP contribution in [0.4, 0.5) is 5.69 Å². The number of amides is 1. The lowest BCUT2D eigenvalue weighted by atomic mass is 10.2. The Morgan fingerprint density at radius 2 is 2.06 bits per heavy atom. The number of aliphatic imine (C=N–C) groups is 1. The summed E-state index contributed by atoms with van der Waals surface area (Å²) >= 11 is 0. The van der Waals surface area contributed by atoms with Crippen molar-refractivity contribution >= 4 is 23.4 Å². The summed E-state index contributed by atoms with van der Waals surface area (Å²) in [6.45, 7) is 1.56. The van der Waals surface area contributed by atoms with Crippen molar-refractivity contribution in [3.05, 3.63) is 30.3 Å². The largest absolute Gasteiger partial charge is 0.475 e. The number of anilines is 1. The van der Waals surface area contributed by atoms with Crippen LogP contribution in [-0.2, 0) is 9.59 Å². The lowest BCUT2D eigenvalue weighted by molar-refractivity contribution is -0.129. The molecule has 0 radical (unpaired) electrons. The van der Waals surface area contributed by atoms with E-state index in [-0.39, 0.29) is 11.7 Å². The maximum atomic E-state index is 11.9. The number of carbonyl (C=O) groups excluding carboxylic acids is 1. The molecule has 1 heterocycles. The number of nitrogens with one attached hydrogen (secondary N) is 1. The molecule has 1 aliphatic heterocycles. The van der Waals surface area contributed by atoms with Gasteiger partial charge in [0.2, 0.25) is 5.84 Å². The van der Waals surface area contributed by atoms with E-state index < -0.39 is 12.0 Å². The van der Waals surface area contributed by atoms with Crippen molar-refractivity contribution in [1.82, 2.24) is 5.43 Å². The van der Waals surface area contributed by atoms with Gasteiger partial charge in [-0.1, -0.05) is 18.2 Å². The number of amidine groups is 1. The number of carbonyl (C=O) groups is 2. The first-order chi connectivity index (χ1) is 8.09. The first-order valence-corrected chi connectivity index (χ1v) is 5.06. The molecule has 88 valence electrons. The molecule has 2 rings (SSSR count). The van der Waals surface area contributed by atoms with E-state index in [1.165, 1.54) is 5.01 Å². The quantitative estimate of drug-likeness (QED) is 0.775. The summed E-state index contributed by atoms with van der Waals surface area (Å²) in [5, 5.41) is 10.1. The van der Waals surface area contributed by atoms with Crippen molar-refractivity contribution in [3.8, 4) is 0 Å². The molecular weight excluding hydrogens is 222 g/mol. The fourth-order valence-electron chi connectivity index (χ4n) is 1.50. The minimum atomic E-state index is -1.19. The minimum Gasteiger partial charge on any atom is -0.475 e. The number of aliphatic carboxylic acids is 1. The molecular formula is C11H11N3O3. The van der Waals surface area contributed by atoms with Crippen LogP contribution in [-0.4, -0.2) is 28.9 Å². The zero-order valence-corrected chi connectivity index (χ0v) is 9.12. The van der Waals surface area contributed by atoms with Gasteiger partial charge in [-0.2, -0.15) is 0 Å². The molecule has 1 atom stereocenters. The van der Waals surface area contributed by atoms with E-state index in [1.54, 1.807) is 31.2 Å². The number of nitrogens with zero attached hydrogens (tertiary/aromatic N) is 2. The van der Waals surface area contributed by atoms with Gasteiger partial charge in [-0.3, -0.25) is 10.2 Å². The molecule has 0 spiro atoms. The lowest BCUT2D eigenvalue weighted by Gasteiger charge is -2.29. The Hall–Kier alpha value is -2.37. The number of carboxylic acids is 1. The zero-order chi connectivity index (χ0) is 12.4. The van der Waals surface area contributed by atoms with E-state index in [9.17, 15) is 9.59 Å². The fourth-order valence-corrected chi connectivity index (χ4v) is 1.50. The summed E-state index contributed by atoms with van der Waals surface area (Å²) in [5.41, 5.74) is 3.07. The second kappa shape index (κ2) is 4.25. The van der Waals surface area contributed by atoms with Gasteiger partial charge in [0.25, 0.3) is 5.91 Å². The standard InChI is InChI=1S/C11H11N3O3/c1-7-10(15)14(8-5-3-2-4-6-8)13-9(12-7)11(16)17/h2-7H,1H3,(H,12,13)(H,16,17). The van der Waals surface area contributed by atoms with Gasteiger partial charge >= 0.3 is 5.97 Å². The Morgan fingerprint density at radius 3 is 2.65 bits per heavy atom. The van der Waals surface area contributed by atoms with Crippen LogP contribution in [0.2, 0.25) is 0 Å². The SMILES string of the molecule is CC1N=C(C(=O)O)NN(c2ccccc2)C1=O. The smallest absolute Gasteiger partial charge is 0.372 e. The molecule has 6 nitrogen and oxygen atoms in total. The second-order valence-electron chi connectivity index (χ2n) is 3.58. The van der Waals surface area contributed by atoms with E-state index in [2.05, 4.69) is 10.4 Å². The Bertz CT molecular complexity index is 484. The third-order valence-electron chi connectivity index (χ3n) is 2.34. The van der Waals surface area contributed by atoms with Gasteiger partial charge in [0.05, 0.1) is 5.69 Å². The van der Waals surface area contributed by atoms with E-state index in [4.69, 9.17) is 5.11 Å². The summed E-state index contributed by atoms with van der Waals surface area (Å²) in [7, 11) is 0. The van der Waals surface area contributed by atoms with E-state index in [1.807, 2.05) is 6.07 Å². The van der Waals surface area contributed by atoms with E-state index in [0.29, 0.717) is 5.69 Å². The van der Waals surface area contributed by atoms with Gasteiger partial charge < -0.3 is 5.11 Å². The van der Waals surface area contributed by atoms with Gasteiger partial charge in [-0.15, -0.1) is 0 Å². The molecule has 1 aromatic carbocycles. The number of rotatable bonds is 2. The fraction of sp³-hybridized carbons (Fsp3) is 0.182. The number of hydrazine groups is 1. The molecule has 17 heavy (non-hydrogen) atoms. The molecule has 1 unspecified atom stereocenters. The van der Waals surface area contributed by atoms with Crippen LogP contribution in [0.5, 0.6) is 0 Å². The molecule has 0 fully saturated rings. The summed E-state index contributed by atoms with van der Waals surface area (Å²) in [4.78, 5) is 26.5. The molecule has 1 amide bonds. The van der Waals surface area contributed by atoms with Crippen molar-refractivity contribution in [2.24, 2.45) is 4.99 Å². The highest BCUT2D eigenvalue weighted by Gasteiger charge is 2.30. The van der Waals surface area contributed by atoms with Crippen molar-refractivity contribution in [2.75, 3.05) is 5.01 Å². The minimum absolute atomic E-state index is 0.235. The van der Waals surface area contributed by atoms with E-state index >= 15 is 0 Å². The number of hydrogen-bond acceptors (Lipinski definition) is 4. The van der Waals surface area contributed by atoms with Crippen LogP contribution in [0.1, 0.15) is 6.92 Å². The normalized spacial score (nSPS) is 19.6. The average Bonchev–Trinajstić information content (AvgIpc) is 2.33. The average molecular weight is 233 g/mol. The lowest BCUT2D eigenvalue weighted by Crippen LogP contribution is -2.56. The highest BCUT2D eigenvalue weighted by atomic mass is 16.4. The van der Waals surface area contributed by atoms with E-state index in [0.717, 1.165) is 0 Å². The highest BCUT2D eigenvalue weighted by molar-refractivity contribution is 6.36. The first-order valence-electron chi connectivity index (χ1n) is 5.06. The van der Waals surface area contributed by atoms with Gasteiger partial charge in [-0.05, 0) is 19.1 Å². The molecule has 6 heteroatoms.